The maximum Gasteiger partial charge on any atom is 0.331 e. The number of carboxylic acid groups (broad SMARTS) is 1. The van der Waals surface area contributed by atoms with E-state index in [-0.39, 0.29) is 17.8 Å². The largest absolute Gasteiger partial charge is 0.487 e. The highest BCUT2D eigenvalue weighted by atomic mass is 16.5. The molecule has 3 rings (SSSR count). The van der Waals surface area contributed by atoms with Gasteiger partial charge >= 0.3 is 11.9 Å². The molecule has 0 bridgehead atoms. The van der Waals surface area contributed by atoms with Gasteiger partial charge in [-0.05, 0) is 57.2 Å². The molecule has 1 N–H and O–H groups in total. The number of ether oxygens (including phenoxy) is 2. The quantitative estimate of drug-likeness (QED) is 0.422. The van der Waals surface area contributed by atoms with Crippen molar-refractivity contribution in [2.75, 3.05) is 0 Å². The van der Waals surface area contributed by atoms with E-state index in [0.717, 1.165) is 42.6 Å². The van der Waals surface area contributed by atoms with Gasteiger partial charge in [0.25, 0.3) is 0 Å². The SMILES string of the molecule is CCCCCc1cc(OC(C)=O)c2c(c1)OC(C)(C)[C@@H]1CC=C(C(=O)O)CC21. The highest BCUT2D eigenvalue weighted by molar-refractivity contribution is 5.87. The maximum absolute atomic E-state index is 11.8. The summed E-state index contributed by atoms with van der Waals surface area (Å²) in [6, 6.07) is 3.99. The van der Waals surface area contributed by atoms with Crippen molar-refractivity contribution < 1.29 is 24.2 Å². The zero-order valence-corrected chi connectivity index (χ0v) is 17.2. The Kier molecular flexibility index (Phi) is 5.82. The standard InChI is InChI=1S/C23H30O5/c1-5-6-7-8-15-11-19(27-14(2)24)21-17-13-16(22(25)26)9-10-18(17)23(3,4)28-20(21)12-15/h9,11-12,17-18H,5-8,10,13H2,1-4H3,(H,25,26)/t17?,18-/m1/s1. The van der Waals surface area contributed by atoms with Crippen molar-refractivity contribution in [3.8, 4) is 11.5 Å². The van der Waals surface area contributed by atoms with Crippen molar-refractivity contribution in [3.05, 3.63) is 34.9 Å². The van der Waals surface area contributed by atoms with Crippen LogP contribution in [0, 0.1) is 5.92 Å². The molecule has 0 spiro atoms. The molecule has 152 valence electrons. The van der Waals surface area contributed by atoms with Gasteiger partial charge in [-0.2, -0.15) is 0 Å². The van der Waals surface area contributed by atoms with Crippen LogP contribution in [0.2, 0.25) is 0 Å². The van der Waals surface area contributed by atoms with E-state index in [4.69, 9.17) is 9.47 Å². The van der Waals surface area contributed by atoms with Gasteiger partial charge in [0.2, 0.25) is 0 Å². The van der Waals surface area contributed by atoms with Crippen molar-refractivity contribution in [3.63, 3.8) is 0 Å². The third-order valence-corrected chi connectivity index (χ3v) is 5.94. The van der Waals surface area contributed by atoms with Gasteiger partial charge in [-0.15, -0.1) is 0 Å². The van der Waals surface area contributed by atoms with Gasteiger partial charge in [0.15, 0.2) is 0 Å². The molecule has 1 aromatic rings. The van der Waals surface area contributed by atoms with Gasteiger partial charge in [0, 0.05) is 29.9 Å². The number of aryl methyl sites for hydroxylation is 1. The maximum atomic E-state index is 11.8. The number of hydrogen-bond acceptors (Lipinski definition) is 4. The first-order chi connectivity index (χ1) is 13.2. The van der Waals surface area contributed by atoms with Crippen LogP contribution in [-0.2, 0) is 16.0 Å². The van der Waals surface area contributed by atoms with Gasteiger partial charge < -0.3 is 14.6 Å². The molecular weight excluding hydrogens is 356 g/mol. The number of carbonyl (C=O) groups excluding carboxylic acids is 1. The second kappa shape index (κ2) is 7.98. The van der Waals surface area contributed by atoms with E-state index in [2.05, 4.69) is 26.8 Å². The number of carboxylic acids is 1. The van der Waals surface area contributed by atoms with E-state index < -0.39 is 11.6 Å². The monoisotopic (exact) mass is 386 g/mol. The molecular formula is C23H30O5. The Morgan fingerprint density at radius 2 is 2.04 bits per heavy atom. The molecule has 1 aliphatic carbocycles. The number of allylic oxidation sites excluding steroid dienone is 1. The van der Waals surface area contributed by atoms with Crippen molar-refractivity contribution in [2.24, 2.45) is 5.92 Å². The van der Waals surface area contributed by atoms with Crippen molar-refractivity contribution in [2.45, 2.75) is 77.7 Å². The topological polar surface area (TPSA) is 72.8 Å². The van der Waals surface area contributed by atoms with Crippen LogP contribution < -0.4 is 9.47 Å². The lowest BCUT2D eigenvalue weighted by molar-refractivity contribution is -0.134. The molecule has 28 heavy (non-hydrogen) atoms. The van der Waals surface area contributed by atoms with Crippen LogP contribution in [0.4, 0.5) is 0 Å². The molecule has 0 aromatic heterocycles. The predicted octanol–water partition coefficient (Wildman–Crippen LogP) is 5.02. The zero-order valence-electron chi connectivity index (χ0n) is 17.2. The lowest BCUT2D eigenvalue weighted by atomic mass is 9.67. The first kappa shape index (κ1) is 20.4. The first-order valence-corrected chi connectivity index (χ1v) is 10.2. The van der Waals surface area contributed by atoms with Crippen LogP contribution in [0.15, 0.2) is 23.8 Å². The summed E-state index contributed by atoms with van der Waals surface area (Å²) in [6.45, 7) is 7.68. The number of carbonyl (C=O) groups is 2. The van der Waals surface area contributed by atoms with Gasteiger partial charge in [0.05, 0.1) is 0 Å². The Morgan fingerprint density at radius 1 is 1.29 bits per heavy atom. The van der Waals surface area contributed by atoms with Crippen LogP contribution in [0.3, 0.4) is 0 Å². The molecule has 0 amide bonds. The van der Waals surface area contributed by atoms with Gasteiger partial charge in [-0.3, -0.25) is 4.79 Å². The van der Waals surface area contributed by atoms with E-state index in [1.54, 1.807) is 0 Å². The lowest BCUT2D eigenvalue weighted by Crippen LogP contribution is -2.46. The highest BCUT2D eigenvalue weighted by Gasteiger charge is 2.47. The molecule has 0 fully saturated rings. The van der Waals surface area contributed by atoms with E-state index >= 15 is 0 Å². The number of hydrogen-bond donors (Lipinski definition) is 1. The minimum absolute atomic E-state index is 0.0473. The van der Waals surface area contributed by atoms with Crippen LogP contribution in [-0.4, -0.2) is 22.6 Å². The first-order valence-electron chi connectivity index (χ1n) is 10.2. The van der Waals surface area contributed by atoms with Crippen LogP contribution in [0.1, 0.15) is 76.8 Å². The second-order valence-electron chi connectivity index (χ2n) is 8.45. The molecule has 1 heterocycles. The summed E-state index contributed by atoms with van der Waals surface area (Å²) in [5, 5.41) is 9.50. The van der Waals surface area contributed by atoms with Crippen molar-refractivity contribution in [1.29, 1.82) is 0 Å². The molecule has 0 saturated heterocycles. The summed E-state index contributed by atoms with van der Waals surface area (Å²) in [5.74, 6) is 0.0719. The van der Waals surface area contributed by atoms with E-state index in [1.165, 1.54) is 6.92 Å². The number of aliphatic carboxylic acids is 1. The average Bonchev–Trinajstić information content (AvgIpc) is 2.60. The smallest absolute Gasteiger partial charge is 0.331 e. The number of rotatable bonds is 6. The Hall–Kier alpha value is -2.30. The summed E-state index contributed by atoms with van der Waals surface area (Å²) in [6.07, 6.45) is 7.11. The van der Waals surface area contributed by atoms with Crippen LogP contribution in [0.25, 0.3) is 0 Å². The summed E-state index contributed by atoms with van der Waals surface area (Å²) >= 11 is 0. The summed E-state index contributed by atoms with van der Waals surface area (Å²) < 4.78 is 12.0. The fourth-order valence-electron chi connectivity index (χ4n) is 4.57. The third-order valence-electron chi connectivity index (χ3n) is 5.94. The Morgan fingerprint density at radius 3 is 2.68 bits per heavy atom. The van der Waals surface area contributed by atoms with E-state index in [1.807, 2.05) is 12.1 Å². The number of esters is 1. The number of benzene rings is 1. The van der Waals surface area contributed by atoms with Gasteiger partial charge in [0.1, 0.15) is 17.1 Å². The number of fused-ring (bicyclic) bond motifs is 3. The van der Waals surface area contributed by atoms with E-state index in [0.29, 0.717) is 24.2 Å². The fourth-order valence-corrected chi connectivity index (χ4v) is 4.57. The van der Waals surface area contributed by atoms with Crippen molar-refractivity contribution in [1.82, 2.24) is 0 Å². The highest BCUT2D eigenvalue weighted by Crippen LogP contribution is 2.54. The van der Waals surface area contributed by atoms with Gasteiger partial charge in [-0.25, -0.2) is 4.79 Å². The Bertz CT molecular complexity index is 805. The molecule has 1 aromatic carbocycles. The number of unbranched alkanes of at least 4 members (excludes halogenated alkanes) is 2. The lowest BCUT2D eigenvalue weighted by Gasteiger charge is -2.47. The van der Waals surface area contributed by atoms with E-state index in [9.17, 15) is 14.7 Å². The zero-order chi connectivity index (χ0) is 20.5. The minimum Gasteiger partial charge on any atom is -0.487 e. The Balaban J connectivity index is 2.07. The fraction of sp³-hybridized carbons (Fsp3) is 0.565. The second-order valence-corrected chi connectivity index (χ2v) is 8.45. The molecule has 1 unspecified atom stereocenters. The van der Waals surface area contributed by atoms with Crippen LogP contribution >= 0.6 is 0 Å². The molecule has 1 aliphatic heterocycles. The predicted molar refractivity (Wildman–Crippen MR) is 107 cm³/mol. The summed E-state index contributed by atoms with van der Waals surface area (Å²) in [7, 11) is 0. The summed E-state index contributed by atoms with van der Waals surface area (Å²) in [4.78, 5) is 23.3. The molecule has 5 heteroatoms. The molecule has 0 saturated carbocycles. The third kappa shape index (κ3) is 4.08. The summed E-state index contributed by atoms with van der Waals surface area (Å²) in [5.41, 5.74) is 1.92. The van der Waals surface area contributed by atoms with Gasteiger partial charge in [-0.1, -0.05) is 25.8 Å². The van der Waals surface area contributed by atoms with Crippen molar-refractivity contribution >= 4 is 11.9 Å². The normalized spacial score (nSPS) is 22.4. The average molecular weight is 386 g/mol. The molecule has 0 radical (unpaired) electrons. The molecule has 5 nitrogen and oxygen atoms in total. The molecule has 2 atom stereocenters. The van der Waals surface area contributed by atoms with Crippen LogP contribution in [0.5, 0.6) is 11.5 Å². The molecule has 2 aliphatic rings. The Labute approximate surface area is 166 Å². The minimum atomic E-state index is -0.880.